The fraction of sp³-hybridized carbons (Fsp3) is 0.267. The van der Waals surface area contributed by atoms with E-state index in [1.165, 1.54) is 35.8 Å². The molecule has 200 valence electrons. The quantitative estimate of drug-likeness (QED) is 0.322. The summed E-state index contributed by atoms with van der Waals surface area (Å²) < 4.78 is 10.3. The van der Waals surface area contributed by atoms with Gasteiger partial charge < -0.3 is 14.8 Å². The smallest absolute Gasteiger partial charge is 0.338 e. The third-order valence-electron chi connectivity index (χ3n) is 7.33. The number of anilines is 2. The molecule has 3 amide bonds. The highest BCUT2D eigenvalue weighted by atomic mass is 35.5. The Balaban J connectivity index is 1.20. The molecule has 1 aliphatic carbocycles. The second-order valence-electron chi connectivity index (χ2n) is 9.66. The number of amides is 3. The summed E-state index contributed by atoms with van der Waals surface area (Å²) in [5, 5.41) is 3.01. The molecular formula is C30H27ClN2O6. The van der Waals surface area contributed by atoms with Crippen LogP contribution in [0, 0.1) is 11.8 Å². The molecule has 1 heterocycles. The molecule has 39 heavy (non-hydrogen) atoms. The van der Waals surface area contributed by atoms with Crippen LogP contribution in [-0.4, -0.2) is 37.4 Å². The number of nitrogens with one attached hydrogen (secondary N) is 1. The van der Waals surface area contributed by atoms with Gasteiger partial charge in [-0.1, -0.05) is 41.9 Å². The first kappa shape index (κ1) is 26.4. The zero-order valence-corrected chi connectivity index (χ0v) is 22.0. The Hall–Kier alpha value is -4.17. The van der Waals surface area contributed by atoms with Crippen molar-refractivity contribution in [3.63, 3.8) is 0 Å². The van der Waals surface area contributed by atoms with Gasteiger partial charge in [-0.05, 0) is 73.2 Å². The maximum absolute atomic E-state index is 13.3. The van der Waals surface area contributed by atoms with E-state index in [1.54, 1.807) is 24.3 Å². The molecular weight excluding hydrogens is 520 g/mol. The van der Waals surface area contributed by atoms with Crippen LogP contribution in [0.1, 0.15) is 41.1 Å². The molecule has 2 fully saturated rings. The average molecular weight is 547 g/mol. The summed E-state index contributed by atoms with van der Waals surface area (Å²) in [5.41, 5.74) is 2.15. The number of esters is 1. The van der Waals surface area contributed by atoms with E-state index in [1.807, 2.05) is 18.2 Å². The first-order valence-electron chi connectivity index (χ1n) is 12.7. The van der Waals surface area contributed by atoms with Gasteiger partial charge in [-0.3, -0.25) is 19.3 Å². The van der Waals surface area contributed by atoms with Gasteiger partial charge >= 0.3 is 5.97 Å². The molecule has 0 radical (unpaired) electrons. The molecule has 1 saturated heterocycles. The molecule has 2 aliphatic rings. The molecule has 1 N–H and O–H groups in total. The number of imide groups is 1. The second-order valence-corrected chi connectivity index (χ2v) is 10.1. The molecule has 1 aliphatic heterocycles. The van der Waals surface area contributed by atoms with Crippen LogP contribution < -0.4 is 15.0 Å². The number of methoxy groups -OCH3 is 1. The van der Waals surface area contributed by atoms with E-state index < -0.39 is 18.5 Å². The molecule has 0 bridgehead atoms. The average Bonchev–Trinajstić information content (AvgIpc) is 3.21. The van der Waals surface area contributed by atoms with Crippen molar-refractivity contribution in [1.29, 1.82) is 0 Å². The number of ether oxygens (including phenoxy) is 2. The van der Waals surface area contributed by atoms with Crippen LogP contribution in [0.5, 0.6) is 5.75 Å². The number of benzene rings is 3. The number of carbonyl (C=O) groups is 4. The molecule has 1 saturated carbocycles. The first-order valence-corrected chi connectivity index (χ1v) is 13.1. The van der Waals surface area contributed by atoms with Crippen molar-refractivity contribution in [1.82, 2.24) is 0 Å². The van der Waals surface area contributed by atoms with E-state index in [-0.39, 0.29) is 35.1 Å². The summed E-state index contributed by atoms with van der Waals surface area (Å²) in [5.74, 6) is -1.68. The normalized spacial score (nSPS) is 20.4. The standard InChI is InChI=1S/C30H27ClN2O6/c1-38-26-14-10-21(31)16-25(26)32-27(34)17-39-30(37)19-7-11-22(12-8-19)33-28(35)23-13-9-20(15-24(23)29(33)36)18-5-3-2-4-6-18/h2-8,10-12,14,16,20,23-24H,9,13,15,17H2,1H3,(H,32,34)/t20-,23+,24+/m0/s1. The van der Waals surface area contributed by atoms with Crippen LogP contribution in [0.4, 0.5) is 11.4 Å². The number of hydrogen-bond donors (Lipinski definition) is 1. The predicted molar refractivity (Wildman–Crippen MR) is 146 cm³/mol. The van der Waals surface area contributed by atoms with Crippen LogP contribution in [0.25, 0.3) is 0 Å². The zero-order valence-electron chi connectivity index (χ0n) is 21.3. The fourth-order valence-corrected chi connectivity index (χ4v) is 5.56. The van der Waals surface area contributed by atoms with E-state index in [0.717, 1.165) is 6.42 Å². The van der Waals surface area contributed by atoms with E-state index in [0.29, 0.717) is 35.0 Å². The fourth-order valence-electron chi connectivity index (χ4n) is 5.39. The molecule has 5 rings (SSSR count). The Bertz CT molecular complexity index is 1410. The third-order valence-corrected chi connectivity index (χ3v) is 7.56. The molecule has 3 aromatic carbocycles. The third kappa shape index (κ3) is 5.52. The highest BCUT2D eigenvalue weighted by Gasteiger charge is 2.50. The minimum atomic E-state index is -0.715. The van der Waals surface area contributed by atoms with Crippen molar-refractivity contribution in [3.8, 4) is 5.75 Å². The van der Waals surface area contributed by atoms with Crippen molar-refractivity contribution in [3.05, 3.63) is 88.9 Å². The van der Waals surface area contributed by atoms with Crippen LogP contribution in [-0.2, 0) is 19.1 Å². The Kier molecular flexibility index (Phi) is 7.65. The highest BCUT2D eigenvalue weighted by Crippen LogP contribution is 2.45. The van der Waals surface area contributed by atoms with E-state index in [9.17, 15) is 19.2 Å². The number of rotatable bonds is 7. The molecule has 0 aromatic heterocycles. The molecule has 3 aromatic rings. The summed E-state index contributed by atoms with van der Waals surface area (Å²) in [6.07, 6.45) is 2.17. The number of halogens is 1. The number of carbonyl (C=O) groups excluding carboxylic acids is 4. The topological polar surface area (TPSA) is 102 Å². The highest BCUT2D eigenvalue weighted by molar-refractivity contribution is 6.31. The van der Waals surface area contributed by atoms with Crippen molar-refractivity contribution >= 4 is 46.7 Å². The Morgan fingerprint density at radius 2 is 1.67 bits per heavy atom. The molecule has 0 spiro atoms. The van der Waals surface area contributed by atoms with E-state index >= 15 is 0 Å². The van der Waals surface area contributed by atoms with Crippen molar-refractivity contribution in [2.24, 2.45) is 11.8 Å². The molecule has 0 unspecified atom stereocenters. The van der Waals surface area contributed by atoms with Crippen LogP contribution >= 0.6 is 11.6 Å². The van der Waals surface area contributed by atoms with Crippen LogP contribution in [0.3, 0.4) is 0 Å². The predicted octanol–water partition coefficient (Wildman–Crippen LogP) is 5.22. The Labute approximate surface area is 230 Å². The summed E-state index contributed by atoms with van der Waals surface area (Å²) in [4.78, 5) is 52.5. The Morgan fingerprint density at radius 3 is 2.38 bits per heavy atom. The van der Waals surface area contributed by atoms with Crippen LogP contribution in [0.15, 0.2) is 72.8 Å². The lowest BCUT2D eigenvalue weighted by Crippen LogP contribution is -2.30. The van der Waals surface area contributed by atoms with Crippen molar-refractivity contribution < 1.29 is 28.7 Å². The van der Waals surface area contributed by atoms with Gasteiger partial charge in [-0.15, -0.1) is 0 Å². The lowest BCUT2D eigenvalue weighted by atomic mass is 9.73. The van der Waals surface area contributed by atoms with Gasteiger partial charge in [0.15, 0.2) is 6.61 Å². The zero-order chi connectivity index (χ0) is 27.5. The summed E-state index contributed by atoms with van der Waals surface area (Å²) in [6, 6.07) is 20.9. The minimum Gasteiger partial charge on any atom is -0.495 e. The number of hydrogen-bond acceptors (Lipinski definition) is 6. The van der Waals surface area contributed by atoms with Gasteiger partial charge in [0.1, 0.15) is 5.75 Å². The molecule has 9 heteroatoms. The largest absolute Gasteiger partial charge is 0.495 e. The van der Waals surface area contributed by atoms with Gasteiger partial charge in [-0.2, -0.15) is 0 Å². The van der Waals surface area contributed by atoms with E-state index in [4.69, 9.17) is 21.1 Å². The summed E-state index contributed by atoms with van der Waals surface area (Å²) >= 11 is 5.97. The summed E-state index contributed by atoms with van der Waals surface area (Å²) in [6.45, 7) is -0.523. The lowest BCUT2D eigenvalue weighted by Gasteiger charge is -2.28. The second kappa shape index (κ2) is 11.3. The first-order chi connectivity index (χ1) is 18.9. The van der Waals surface area contributed by atoms with Crippen molar-refractivity contribution in [2.45, 2.75) is 25.2 Å². The van der Waals surface area contributed by atoms with Crippen LogP contribution in [0.2, 0.25) is 5.02 Å². The SMILES string of the molecule is COc1ccc(Cl)cc1NC(=O)COC(=O)c1ccc(N2C(=O)[C@@H]3CC[C@H](c4ccccc4)C[C@H]3C2=O)cc1. The summed E-state index contributed by atoms with van der Waals surface area (Å²) in [7, 11) is 1.46. The van der Waals surface area contributed by atoms with E-state index in [2.05, 4.69) is 17.4 Å². The van der Waals surface area contributed by atoms with Gasteiger partial charge in [0.05, 0.1) is 35.9 Å². The molecule has 8 nitrogen and oxygen atoms in total. The lowest BCUT2D eigenvalue weighted by molar-refractivity contribution is -0.122. The maximum atomic E-state index is 13.3. The van der Waals surface area contributed by atoms with Gasteiger partial charge in [0, 0.05) is 5.02 Å². The van der Waals surface area contributed by atoms with Gasteiger partial charge in [-0.25, -0.2) is 4.79 Å². The van der Waals surface area contributed by atoms with Gasteiger partial charge in [0.25, 0.3) is 5.91 Å². The Morgan fingerprint density at radius 1 is 0.949 bits per heavy atom. The number of fused-ring (bicyclic) bond motifs is 1. The van der Waals surface area contributed by atoms with Gasteiger partial charge in [0.2, 0.25) is 11.8 Å². The van der Waals surface area contributed by atoms with Crippen molar-refractivity contribution in [2.75, 3.05) is 23.9 Å². The minimum absolute atomic E-state index is 0.188. The number of nitrogens with zero attached hydrogens (tertiary/aromatic N) is 1. The maximum Gasteiger partial charge on any atom is 0.338 e. The monoisotopic (exact) mass is 546 g/mol. The molecule has 3 atom stereocenters.